The molecule has 1 rings (SSSR count). The first-order valence-corrected chi connectivity index (χ1v) is 4.82. The number of ether oxygens (including phenoxy) is 1. The maximum atomic E-state index is 10.8. The third kappa shape index (κ3) is 3.49. The second-order valence-electron chi connectivity index (χ2n) is 3.23. The summed E-state index contributed by atoms with van der Waals surface area (Å²) in [5.74, 6) is -0.570. The van der Waals surface area contributed by atoms with Crippen molar-refractivity contribution >= 4 is 5.97 Å². The van der Waals surface area contributed by atoms with Gasteiger partial charge in [0.15, 0.2) is 0 Å². The van der Waals surface area contributed by atoms with Crippen LogP contribution in [0.1, 0.15) is 11.7 Å². The van der Waals surface area contributed by atoms with Crippen molar-refractivity contribution in [2.75, 3.05) is 7.11 Å². The molecule has 4 nitrogen and oxygen atoms in total. The predicted molar refractivity (Wildman–Crippen MR) is 58.6 cm³/mol. The van der Waals surface area contributed by atoms with Crippen molar-refractivity contribution in [2.24, 2.45) is 0 Å². The Labute approximate surface area is 93.8 Å². The molecule has 0 aliphatic carbocycles. The van der Waals surface area contributed by atoms with Gasteiger partial charge in [-0.15, -0.1) is 0 Å². The van der Waals surface area contributed by atoms with Crippen molar-refractivity contribution in [3.8, 4) is 0 Å². The van der Waals surface area contributed by atoms with Gasteiger partial charge < -0.3 is 14.9 Å². The third-order valence-electron chi connectivity index (χ3n) is 2.10. The normalized spacial score (nSPS) is 14.7. The van der Waals surface area contributed by atoms with Gasteiger partial charge >= 0.3 is 5.97 Å². The molecule has 2 unspecified atom stereocenters. The van der Waals surface area contributed by atoms with Gasteiger partial charge in [-0.3, -0.25) is 0 Å². The van der Waals surface area contributed by atoms with Crippen molar-refractivity contribution in [2.45, 2.75) is 12.2 Å². The number of carbonyl (C=O) groups is 1. The van der Waals surface area contributed by atoms with Gasteiger partial charge in [0.25, 0.3) is 0 Å². The van der Waals surface area contributed by atoms with Crippen LogP contribution in [0.15, 0.2) is 42.5 Å². The summed E-state index contributed by atoms with van der Waals surface area (Å²) in [6.45, 7) is 0. The second-order valence-corrected chi connectivity index (χ2v) is 3.23. The highest BCUT2D eigenvalue weighted by Gasteiger charge is 2.15. The van der Waals surface area contributed by atoms with Crippen LogP contribution in [0.2, 0.25) is 0 Å². The Morgan fingerprint density at radius 3 is 2.50 bits per heavy atom. The standard InChI is InChI=1S/C12H14O4/c1-16-11(14)8-7-10(13)12(15)9-5-3-2-4-6-9/h2-8,10,12-13,15H,1H3/b8-7+. The minimum absolute atomic E-state index is 0.570. The van der Waals surface area contributed by atoms with E-state index in [0.717, 1.165) is 6.08 Å². The van der Waals surface area contributed by atoms with Crippen molar-refractivity contribution in [3.05, 3.63) is 48.0 Å². The van der Waals surface area contributed by atoms with Gasteiger partial charge in [0.1, 0.15) is 12.2 Å². The van der Waals surface area contributed by atoms with Gasteiger partial charge in [-0.25, -0.2) is 4.79 Å². The molecule has 0 saturated heterocycles. The number of aliphatic hydroxyl groups excluding tert-OH is 2. The summed E-state index contributed by atoms with van der Waals surface area (Å²) in [5, 5.41) is 19.3. The fraction of sp³-hybridized carbons (Fsp3) is 0.250. The lowest BCUT2D eigenvalue weighted by Crippen LogP contribution is -2.15. The first-order valence-electron chi connectivity index (χ1n) is 4.82. The van der Waals surface area contributed by atoms with Gasteiger partial charge in [-0.1, -0.05) is 30.3 Å². The maximum Gasteiger partial charge on any atom is 0.330 e. The molecule has 1 aromatic rings. The molecule has 0 aliphatic heterocycles. The van der Waals surface area contributed by atoms with E-state index in [2.05, 4.69) is 4.74 Å². The summed E-state index contributed by atoms with van der Waals surface area (Å²) in [4.78, 5) is 10.8. The molecule has 0 bridgehead atoms. The molecule has 2 atom stereocenters. The van der Waals surface area contributed by atoms with E-state index in [9.17, 15) is 15.0 Å². The summed E-state index contributed by atoms with van der Waals surface area (Å²) < 4.78 is 4.37. The summed E-state index contributed by atoms with van der Waals surface area (Å²) in [6, 6.07) is 8.72. The summed E-state index contributed by atoms with van der Waals surface area (Å²) in [7, 11) is 1.24. The molecule has 16 heavy (non-hydrogen) atoms. The van der Waals surface area contributed by atoms with Gasteiger partial charge in [0.2, 0.25) is 0 Å². The fourth-order valence-corrected chi connectivity index (χ4v) is 1.20. The Bertz CT molecular complexity index is 359. The van der Waals surface area contributed by atoms with Gasteiger partial charge in [-0.05, 0) is 11.6 Å². The number of methoxy groups -OCH3 is 1. The zero-order valence-electron chi connectivity index (χ0n) is 8.91. The SMILES string of the molecule is COC(=O)/C=C/C(O)C(O)c1ccccc1. The van der Waals surface area contributed by atoms with Crippen LogP contribution in [0.3, 0.4) is 0 Å². The van der Waals surface area contributed by atoms with Gasteiger partial charge in [-0.2, -0.15) is 0 Å². The number of hydrogen-bond donors (Lipinski definition) is 2. The molecule has 0 aromatic heterocycles. The van der Waals surface area contributed by atoms with E-state index in [4.69, 9.17) is 0 Å². The van der Waals surface area contributed by atoms with Crippen LogP contribution in [0.5, 0.6) is 0 Å². The van der Waals surface area contributed by atoms with Crippen molar-refractivity contribution < 1.29 is 19.7 Å². The first kappa shape index (κ1) is 12.4. The minimum atomic E-state index is -1.14. The van der Waals surface area contributed by atoms with Gasteiger partial charge in [0, 0.05) is 6.08 Å². The van der Waals surface area contributed by atoms with Crippen LogP contribution in [-0.4, -0.2) is 29.4 Å². The smallest absolute Gasteiger partial charge is 0.330 e. The summed E-state index contributed by atoms with van der Waals surface area (Å²) >= 11 is 0. The molecule has 0 fully saturated rings. The molecule has 2 N–H and O–H groups in total. The molecular weight excluding hydrogens is 208 g/mol. The number of benzene rings is 1. The minimum Gasteiger partial charge on any atom is -0.466 e. The maximum absolute atomic E-state index is 10.8. The van der Waals surface area contributed by atoms with E-state index in [1.54, 1.807) is 24.3 Å². The van der Waals surface area contributed by atoms with E-state index in [-0.39, 0.29) is 0 Å². The first-order chi connectivity index (χ1) is 7.65. The summed E-state index contributed by atoms with van der Waals surface area (Å²) in [5.41, 5.74) is 0.588. The summed E-state index contributed by atoms with van der Waals surface area (Å²) in [6.07, 6.45) is 0.0870. The quantitative estimate of drug-likeness (QED) is 0.584. The van der Waals surface area contributed by atoms with Crippen LogP contribution in [-0.2, 0) is 9.53 Å². The molecule has 0 saturated carbocycles. The fourth-order valence-electron chi connectivity index (χ4n) is 1.20. The molecule has 4 heteroatoms. The number of aliphatic hydroxyl groups is 2. The molecule has 0 radical (unpaired) electrons. The third-order valence-corrected chi connectivity index (χ3v) is 2.10. The number of hydrogen-bond acceptors (Lipinski definition) is 4. The van der Waals surface area contributed by atoms with E-state index >= 15 is 0 Å². The zero-order chi connectivity index (χ0) is 12.0. The molecular formula is C12H14O4. The lowest BCUT2D eigenvalue weighted by molar-refractivity contribution is -0.134. The van der Waals surface area contributed by atoms with Crippen LogP contribution < -0.4 is 0 Å². The Morgan fingerprint density at radius 2 is 1.94 bits per heavy atom. The molecule has 1 aromatic carbocycles. The number of rotatable bonds is 4. The van der Waals surface area contributed by atoms with Crippen LogP contribution in [0, 0.1) is 0 Å². The molecule has 0 heterocycles. The zero-order valence-corrected chi connectivity index (χ0v) is 8.91. The molecule has 0 spiro atoms. The van der Waals surface area contributed by atoms with Crippen molar-refractivity contribution in [1.29, 1.82) is 0 Å². The Morgan fingerprint density at radius 1 is 1.31 bits per heavy atom. The van der Waals surface area contributed by atoms with E-state index in [0.29, 0.717) is 5.56 Å². The molecule has 0 amide bonds. The van der Waals surface area contributed by atoms with Crippen LogP contribution >= 0.6 is 0 Å². The highest BCUT2D eigenvalue weighted by Crippen LogP contribution is 2.16. The Balaban J connectivity index is 2.64. The Kier molecular flexibility index (Phi) is 4.69. The van der Waals surface area contributed by atoms with Crippen molar-refractivity contribution in [1.82, 2.24) is 0 Å². The number of carbonyl (C=O) groups excluding carboxylic acids is 1. The lowest BCUT2D eigenvalue weighted by Gasteiger charge is -2.14. The highest BCUT2D eigenvalue weighted by molar-refractivity contribution is 5.81. The average molecular weight is 222 g/mol. The second kappa shape index (κ2) is 6.05. The Hall–Kier alpha value is -1.65. The predicted octanol–water partition coefficient (Wildman–Crippen LogP) is 0.810. The van der Waals surface area contributed by atoms with Crippen LogP contribution in [0.25, 0.3) is 0 Å². The molecule has 86 valence electrons. The van der Waals surface area contributed by atoms with E-state index in [1.807, 2.05) is 6.07 Å². The average Bonchev–Trinajstić information content (AvgIpc) is 2.35. The van der Waals surface area contributed by atoms with Gasteiger partial charge in [0.05, 0.1) is 7.11 Å². The largest absolute Gasteiger partial charge is 0.466 e. The topological polar surface area (TPSA) is 66.8 Å². The molecule has 0 aliphatic rings. The monoisotopic (exact) mass is 222 g/mol. The number of esters is 1. The van der Waals surface area contributed by atoms with Crippen molar-refractivity contribution in [3.63, 3.8) is 0 Å². The van der Waals surface area contributed by atoms with Crippen LogP contribution in [0.4, 0.5) is 0 Å². The highest BCUT2D eigenvalue weighted by atomic mass is 16.5. The van der Waals surface area contributed by atoms with E-state index in [1.165, 1.54) is 13.2 Å². The van der Waals surface area contributed by atoms with E-state index < -0.39 is 18.2 Å². The lowest BCUT2D eigenvalue weighted by atomic mass is 10.0.